The minimum absolute atomic E-state index is 0. The van der Waals surface area contributed by atoms with Crippen molar-refractivity contribution in [1.29, 1.82) is 0 Å². The van der Waals surface area contributed by atoms with E-state index in [0.29, 0.717) is 23.4 Å². The SMILES string of the molecule is Cl.O=C(NCCN1CCCC1)c1ccc2c(c1)C(=O)N(c1ccccc1)C2=O. The van der Waals surface area contributed by atoms with Crippen molar-refractivity contribution in [3.8, 4) is 0 Å². The van der Waals surface area contributed by atoms with Gasteiger partial charge in [0.15, 0.2) is 0 Å². The first-order chi connectivity index (χ1) is 13.1. The van der Waals surface area contributed by atoms with Crippen molar-refractivity contribution in [3.63, 3.8) is 0 Å². The molecule has 146 valence electrons. The number of anilines is 1. The summed E-state index contributed by atoms with van der Waals surface area (Å²) < 4.78 is 0. The van der Waals surface area contributed by atoms with E-state index < -0.39 is 5.91 Å². The van der Waals surface area contributed by atoms with Crippen LogP contribution in [0.2, 0.25) is 0 Å². The number of nitrogens with one attached hydrogen (secondary N) is 1. The molecule has 0 aromatic heterocycles. The van der Waals surface area contributed by atoms with E-state index in [1.807, 2.05) is 6.07 Å². The van der Waals surface area contributed by atoms with Crippen LogP contribution in [0.25, 0.3) is 0 Å². The second-order valence-electron chi connectivity index (χ2n) is 6.85. The Hall–Kier alpha value is -2.70. The number of imide groups is 1. The summed E-state index contributed by atoms with van der Waals surface area (Å²) in [6, 6.07) is 13.5. The zero-order valence-corrected chi connectivity index (χ0v) is 16.2. The molecule has 6 nitrogen and oxygen atoms in total. The van der Waals surface area contributed by atoms with E-state index in [1.165, 1.54) is 18.9 Å². The first-order valence-corrected chi connectivity index (χ1v) is 9.23. The van der Waals surface area contributed by atoms with Crippen molar-refractivity contribution in [2.24, 2.45) is 0 Å². The molecule has 0 radical (unpaired) electrons. The zero-order valence-electron chi connectivity index (χ0n) is 15.4. The molecule has 1 saturated heterocycles. The van der Waals surface area contributed by atoms with Crippen LogP contribution in [0, 0.1) is 0 Å². The number of benzene rings is 2. The fourth-order valence-corrected chi connectivity index (χ4v) is 3.63. The quantitative estimate of drug-likeness (QED) is 0.785. The summed E-state index contributed by atoms with van der Waals surface area (Å²) in [6.45, 7) is 3.57. The number of hydrogen-bond acceptors (Lipinski definition) is 4. The predicted molar refractivity (Wildman–Crippen MR) is 109 cm³/mol. The lowest BCUT2D eigenvalue weighted by Crippen LogP contribution is -2.33. The Balaban J connectivity index is 0.00000225. The molecule has 0 spiro atoms. The molecule has 2 heterocycles. The highest BCUT2D eigenvalue weighted by atomic mass is 35.5. The molecule has 0 unspecified atom stereocenters. The van der Waals surface area contributed by atoms with Crippen LogP contribution in [0.1, 0.15) is 43.9 Å². The third-order valence-corrected chi connectivity index (χ3v) is 5.08. The summed E-state index contributed by atoms with van der Waals surface area (Å²) in [5, 5.41) is 2.90. The Labute approximate surface area is 169 Å². The van der Waals surface area contributed by atoms with Gasteiger partial charge in [0.25, 0.3) is 17.7 Å². The molecular formula is C21H22ClN3O3. The number of amides is 3. The van der Waals surface area contributed by atoms with Crippen LogP contribution in [0.15, 0.2) is 48.5 Å². The number of carbonyl (C=O) groups excluding carboxylic acids is 3. The fourth-order valence-electron chi connectivity index (χ4n) is 3.63. The molecule has 0 atom stereocenters. The lowest BCUT2D eigenvalue weighted by atomic mass is 10.1. The van der Waals surface area contributed by atoms with E-state index >= 15 is 0 Å². The van der Waals surface area contributed by atoms with Gasteiger partial charge in [-0.2, -0.15) is 0 Å². The number of rotatable bonds is 5. The maximum absolute atomic E-state index is 12.7. The lowest BCUT2D eigenvalue weighted by Gasteiger charge is -2.14. The maximum Gasteiger partial charge on any atom is 0.266 e. The molecule has 2 aliphatic rings. The van der Waals surface area contributed by atoms with E-state index in [2.05, 4.69) is 10.2 Å². The topological polar surface area (TPSA) is 69.7 Å². The highest BCUT2D eigenvalue weighted by Crippen LogP contribution is 2.28. The summed E-state index contributed by atoms with van der Waals surface area (Å²) in [4.78, 5) is 41.2. The first kappa shape index (κ1) is 20.0. The van der Waals surface area contributed by atoms with Gasteiger partial charge >= 0.3 is 0 Å². The normalized spacial score (nSPS) is 16.1. The van der Waals surface area contributed by atoms with E-state index in [1.54, 1.807) is 36.4 Å². The Morgan fingerprint density at radius 1 is 0.929 bits per heavy atom. The number of hydrogen-bond donors (Lipinski definition) is 1. The maximum atomic E-state index is 12.7. The van der Waals surface area contributed by atoms with Crippen LogP contribution in [0.3, 0.4) is 0 Å². The van der Waals surface area contributed by atoms with E-state index in [-0.39, 0.29) is 29.8 Å². The fraction of sp³-hybridized carbons (Fsp3) is 0.286. The molecule has 28 heavy (non-hydrogen) atoms. The van der Waals surface area contributed by atoms with Crippen LogP contribution < -0.4 is 10.2 Å². The highest BCUT2D eigenvalue weighted by molar-refractivity contribution is 6.34. The molecule has 1 N–H and O–H groups in total. The van der Waals surface area contributed by atoms with Gasteiger partial charge in [-0.1, -0.05) is 18.2 Å². The first-order valence-electron chi connectivity index (χ1n) is 9.23. The molecule has 3 amide bonds. The minimum atomic E-state index is -0.395. The van der Waals surface area contributed by atoms with E-state index in [9.17, 15) is 14.4 Å². The minimum Gasteiger partial charge on any atom is -0.351 e. The number of nitrogens with zero attached hydrogens (tertiary/aromatic N) is 2. The van der Waals surface area contributed by atoms with Crippen molar-refractivity contribution in [2.45, 2.75) is 12.8 Å². The Morgan fingerprint density at radius 2 is 1.61 bits per heavy atom. The molecule has 2 aliphatic heterocycles. The van der Waals surface area contributed by atoms with Crippen molar-refractivity contribution in [3.05, 3.63) is 65.2 Å². The summed E-state index contributed by atoms with van der Waals surface area (Å²) in [7, 11) is 0. The molecule has 0 saturated carbocycles. The molecular weight excluding hydrogens is 378 g/mol. The van der Waals surface area contributed by atoms with Gasteiger partial charge in [0.1, 0.15) is 0 Å². The largest absolute Gasteiger partial charge is 0.351 e. The summed E-state index contributed by atoms with van der Waals surface area (Å²) >= 11 is 0. The molecule has 2 aromatic carbocycles. The van der Waals surface area contributed by atoms with Crippen molar-refractivity contribution >= 4 is 35.8 Å². The van der Waals surface area contributed by atoms with Crippen molar-refractivity contribution < 1.29 is 14.4 Å². The Morgan fingerprint density at radius 3 is 2.32 bits per heavy atom. The van der Waals surface area contributed by atoms with Gasteiger partial charge < -0.3 is 10.2 Å². The van der Waals surface area contributed by atoms with Gasteiger partial charge in [-0.05, 0) is 56.3 Å². The molecule has 1 fully saturated rings. The number of fused-ring (bicyclic) bond motifs is 1. The molecule has 2 aromatic rings. The van der Waals surface area contributed by atoms with Gasteiger partial charge in [0.05, 0.1) is 16.8 Å². The van der Waals surface area contributed by atoms with Crippen molar-refractivity contribution in [1.82, 2.24) is 10.2 Å². The Bertz CT molecular complexity index is 895. The molecule has 0 bridgehead atoms. The zero-order chi connectivity index (χ0) is 18.8. The second-order valence-corrected chi connectivity index (χ2v) is 6.85. The van der Waals surface area contributed by atoms with Gasteiger partial charge in [-0.25, -0.2) is 4.90 Å². The van der Waals surface area contributed by atoms with E-state index in [0.717, 1.165) is 24.5 Å². The lowest BCUT2D eigenvalue weighted by molar-refractivity contribution is 0.0923. The van der Waals surface area contributed by atoms with Gasteiger partial charge in [0, 0.05) is 18.7 Å². The van der Waals surface area contributed by atoms with Crippen LogP contribution in [-0.2, 0) is 0 Å². The average molecular weight is 400 g/mol. The third kappa shape index (κ3) is 3.79. The summed E-state index contributed by atoms with van der Waals surface area (Å²) in [5.41, 5.74) is 1.53. The number of halogens is 1. The molecule has 7 heteroatoms. The Kier molecular flexibility index (Phi) is 6.11. The van der Waals surface area contributed by atoms with Gasteiger partial charge in [0.2, 0.25) is 0 Å². The summed E-state index contributed by atoms with van der Waals surface area (Å²) in [5.74, 6) is -0.981. The van der Waals surface area contributed by atoms with Crippen LogP contribution in [-0.4, -0.2) is 48.8 Å². The number of carbonyl (C=O) groups is 3. The molecule has 4 rings (SSSR count). The monoisotopic (exact) mass is 399 g/mol. The van der Waals surface area contributed by atoms with Crippen LogP contribution in [0.4, 0.5) is 5.69 Å². The standard InChI is InChI=1S/C21H21N3O3.ClH/c25-19(22-10-13-23-11-4-5-12-23)15-8-9-17-18(14-15)21(27)24(20(17)26)16-6-2-1-3-7-16;/h1-3,6-9,14H,4-5,10-13H2,(H,22,25);1H. The third-order valence-electron chi connectivity index (χ3n) is 5.08. The van der Waals surface area contributed by atoms with Crippen LogP contribution in [0.5, 0.6) is 0 Å². The van der Waals surface area contributed by atoms with Gasteiger partial charge in [-0.3, -0.25) is 14.4 Å². The predicted octanol–water partition coefficient (Wildman–Crippen LogP) is 2.73. The van der Waals surface area contributed by atoms with Crippen molar-refractivity contribution in [2.75, 3.05) is 31.1 Å². The number of likely N-dealkylation sites (tertiary alicyclic amines) is 1. The van der Waals surface area contributed by atoms with Gasteiger partial charge in [-0.15, -0.1) is 12.4 Å². The highest BCUT2D eigenvalue weighted by Gasteiger charge is 2.37. The number of para-hydroxylation sites is 1. The van der Waals surface area contributed by atoms with E-state index in [4.69, 9.17) is 0 Å². The average Bonchev–Trinajstić information content (AvgIpc) is 3.29. The smallest absolute Gasteiger partial charge is 0.266 e. The second kappa shape index (κ2) is 8.54. The van der Waals surface area contributed by atoms with Crippen LogP contribution >= 0.6 is 12.4 Å². The summed E-state index contributed by atoms with van der Waals surface area (Å²) in [6.07, 6.45) is 2.43. The molecule has 0 aliphatic carbocycles.